The van der Waals surface area contributed by atoms with Crippen molar-refractivity contribution in [3.63, 3.8) is 0 Å². The molecule has 0 atom stereocenters. The summed E-state index contributed by atoms with van der Waals surface area (Å²) in [7, 11) is 0. The van der Waals surface area contributed by atoms with Gasteiger partial charge in [0.2, 0.25) is 0 Å². The van der Waals surface area contributed by atoms with E-state index in [1.165, 1.54) is 9.75 Å². The molecule has 0 spiro atoms. The number of nitrogens with one attached hydrogen (secondary N) is 1. The van der Waals surface area contributed by atoms with E-state index in [0.717, 1.165) is 0 Å². The fraction of sp³-hybridized carbons (Fsp3) is 0.286. The van der Waals surface area contributed by atoms with Crippen LogP contribution in [0.2, 0.25) is 0 Å². The molecule has 0 fully saturated rings. The number of nitrogens with two attached hydrogens (primary N) is 1. The average molecular weight is 154 g/mol. The smallest absolute Gasteiger partial charge is 0.0958 e. The minimum atomic E-state index is 0.238. The summed E-state index contributed by atoms with van der Waals surface area (Å²) in [6.45, 7) is 2.05. The highest BCUT2D eigenvalue weighted by molar-refractivity contribution is 7.12. The predicted octanol–water partition coefficient (Wildman–Crippen LogP) is 1.53. The van der Waals surface area contributed by atoms with Gasteiger partial charge in [0, 0.05) is 16.2 Å². The van der Waals surface area contributed by atoms with Crippen molar-refractivity contribution >= 4 is 17.2 Å². The molecule has 0 aliphatic heterocycles. The molecular weight excluding hydrogens is 144 g/mol. The molecule has 54 valence electrons. The van der Waals surface area contributed by atoms with Gasteiger partial charge in [0.25, 0.3) is 0 Å². The molecule has 0 amide bonds. The lowest BCUT2D eigenvalue weighted by atomic mass is 10.3. The fourth-order valence-corrected chi connectivity index (χ4v) is 1.68. The van der Waals surface area contributed by atoms with Crippen LogP contribution in [0.15, 0.2) is 12.1 Å². The highest BCUT2D eigenvalue weighted by Gasteiger charge is 1.96. The van der Waals surface area contributed by atoms with Gasteiger partial charge in [-0.15, -0.1) is 11.3 Å². The van der Waals surface area contributed by atoms with E-state index in [1.54, 1.807) is 11.3 Å². The van der Waals surface area contributed by atoms with Crippen LogP contribution in [-0.4, -0.2) is 5.84 Å². The largest absolute Gasteiger partial charge is 0.387 e. The van der Waals surface area contributed by atoms with Crippen molar-refractivity contribution in [1.82, 2.24) is 0 Å². The Labute approximate surface area is 64.2 Å². The second kappa shape index (κ2) is 2.84. The summed E-state index contributed by atoms with van der Waals surface area (Å²) in [6.07, 6.45) is 0.596. The van der Waals surface area contributed by atoms with Crippen LogP contribution in [0.4, 0.5) is 0 Å². The van der Waals surface area contributed by atoms with Gasteiger partial charge in [0.15, 0.2) is 0 Å². The number of hydrogen-bond acceptors (Lipinski definition) is 2. The first kappa shape index (κ1) is 7.28. The van der Waals surface area contributed by atoms with E-state index >= 15 is 0 Å². The lowest BCUT2D eigenvalue weighted by Crippen LogP contribution is -2.11. The molecule has 0 saturated carbocycles. The van der Waals surface area contributed by atoms with Crippen LogP contribution in [0.5, 0.6) is 0 Å². The zero-order valence-corrected chi connectivity index (χ0v) is 6.66. The molecule has 3 N–H and O–H groups in total. The van der Waals surface area contributed by atoms with Crippen LogP contribution in [0.3, 0.4) is 0 Å². The number of amidine groups is 1. The van der Waals surface area contributed by atoms with Crippen molar-refractivity contribution in [2.24, 2.45) is 5.73 Å². The molecule has 0 aromatic carbocycles. The van der Waals surface area contributed by atoms with Gasteiger partial charge < -0.3 is 5.73 Å². The summed E-state index contributed by atoms with van der Waals surface area (Å²) < 4.78 is 0. The first-order valence-corrected chi connectivity index (χ1v) is 3.88. The van der Waals surface area contributed by atoms with Gasteiger partial charge in [0.1, 0.15) is 0 Å². The monoisotopic (exact) mass is 154 g/mol. The summed E-state index contributed by atoms with van der Waals surface area (Å²) in [5.74, 6) is 0.238. The van der Waals surface area contributed by atoms with Gasteiger partial charge in [-0.2, -0.15) is 0 Å². The van der Waals surface area contributed by atoms with E-state index in [1.807, 2.05) is 19.1 Å². The van der Waals surface area contributed by atoms with Crippen LogP contribution in [0.25, 0.3) is 0 Å². The molecule has 1 aromatic heterocycles. The first-order chi connectivity index (χ1) is 4.68. The highest BCUT2D eigenvalue weighted by atomic mass is 32.1. The second-order valence-electron chi connectivity index (χ2n) is 2.21. The van der Waals surface area contributed by atoms with Crippen molar-refractivity contribution in [3.8, 4) is 0 Å². The molecule has 0 unspecified atom stereocenters. The van der Waals surface area contributed by atoms with Crippen LogP contribution >= 0.6 is 11.3 Å². The summed E-state index contributed by atoms with van der Waals surface area (Å²) in [4.78, 5) is 2.45. The van der Waals surface area contributed by atoms with E-state index < -0.39 is 0 Å². The Morgan fingerprint density at radius 1 is 1.70 bits per heavy atom. The van der Waals surface area contributed by atoms with Crippen molar-refractivity contribution in [1.29, 1.82) is 5.41 Å². The van der Waals surface area contributed by atoms with Crippen molar-refractivity contribution in [2.75, 3.05) is 0 Å². The summed E-state index contributed by atoms with van der Waals surface area (Å²) in [5, 5.41) is 7.03. The molecular formula is C7H10N2S. The molecule has 0 bridgehead atoms. The fourth-order valence-electron chi connectivity index (χ4n) is 0.768. The van der Waals surface area contributed by atoms with Crippen LogP contribution in [-0.2, 0) is 6.42 Å². The SMILES string of the molecule is Cc1ccc(CC(=N)N)s1. The van der Waals surface area contributed by atoms with E-state index in [4.69, 9.17) is 11.1 Å². The van der Waals surface area contributed by atoms with Crippen LogP contribution in [0, 0.1) is 12.3 Å². The second-order valence-corrected chi connectivity index (χ2v) is 3.59. The minimum Gasteiger partial charge on any atom is -0.387 e. The van der Waals surface area contributed by atoms with Gasteiger partial charge in [-0.05, 0) is 19.1 Å². The minimum absolute atomic E-state index is 0.238. The van der Waals surface area contributed by atoms with Crippen molar-refractivity contribution in [2.45, 2.75) is 13.3 Å². The summed E-state index contributed by atoms with van der Waals surface area (Å²) in [5.41, 5.74) is 5.22. The Morgan fingerprint density at radius 2 is 2.40 bits per heavy atom. The maximum absolute atomic E-state index is 7.03. The molecule has 0 aliphatic carbocycles. The highest BCUT2D eigenvalue weighted by Crippen LogP contribution is 2.14. The Morgan fingerprint density at radius 3 is 2.80 bits per heavy atom. The molecule has 2 nitrogen and oxygen atoms in total. The third-order valence-corrected chi connectivity index (χ3v) is 2.16. The summed E-state index contributed by atoms with van der Waals surface area (Å²) >= 11 is 1.70. The molecule has 0 aliphatic rings. The molecule has 1 aromatic rings. The normalized spacial score (nSPS) is 9.70. The molecule has 1 rings (SSSR count). The number of aryl methyl sites for hydroxylation is 1. The number of rotatable bonds is 2. The van der Waals surface area contributed by atoms with E-state index in [-0.39, 0.29) is 5.84 Å². The first-order valence-electron chi connectivity index (χ1n) is 3.06. The Balaban J connectivity index is 2.67. The Bertz CT molecular complexity index is 240. The molecule has 3 heteroatoms. The molecule has 0 saturated heterocycles. The molecule has 10 heavy (non-hydrogen) atoms. The lowest BCUT2D eigenvalue weighted by Gasteiger charge is -1.90. The average Bonchev–Trinajstić information content (AvgIpc) is 2.13. The quantitative estimate of drug-likeness (QED) is 0.492. The zero-order chi connectivity index (χ0) is 7.56. The van der Waals surface area contributed by atoms with Gasteiger partial charge in [-0.25, -0.2) is 0 Å². The van der Waals surface area contributed by atoms with Crippen LogP contribution in [0.1, 0.15) is 9.75 Å². The molecule has 1 heterocycles. The third-order valence-electron chi connectivity index (χ3n) is 1.16. The summed E-state index contributed by atoms with van der Waals surface area (Å²) in [6, 6.07) is 4.06. The Hall–Kier alpha value is -0.830. The number of hydrogen-bond donors (Lipinski definition) is 2. The van der Waals surface area contributed by atoms with Crippen molar-refractivity contribution in [3.05, 3.63) is 21.9 Å². The maximum Gasteiger partial charge on any atom is 0.0958 e. The predicted molar refractivity (Wildman–Crippen MR) is 44.7 cm³/mol. The van der Waals surface area contributed by atoms with Gasteiger partial charge >= 0.3 is 0 Å². The van der Waals surface area contributed by atoms with E-state index in [9.17, 15) is 0 Å². The van der Waals surface area contributed by atoms with Crippen molar-refractivity contribution < 1.29 is 0 Å². The van der Waals surface area contributed by atoms with E-state index in [2.05, 4.69) is 0 Å². The van der Waals surface area contributed by atoms with E-state index in [0.29, 0.717) is 6.42 Å². The molecule has 0 radical (unpaired) electrons. The van der Waals surface area contributed by atoms with Gasteiger partial charge in [-0.3, -0.25) is 5.41 Å². The lowest BCUT2D eigenvalue weighted by molar-refractivity contribution is 1.29. The van der Waals surface area contributed by atoms with Gasteiger partial charge in [-0.1, -0.05) is 0 Å². The maximum atomic E-state index is 7.03. The Kier molecular flexibility index (Phi) is 2.06. The van der Waals surface area contributed by atoms with Gasteiger partial charge in [0.05, 0.1) is 5.84 Å². The number of thiophene rings is 1. The topological polar surface area (TPSA) is 49.9 Å². The van der Waals surface area contributed by atoms with Crippen LogP contribution < -0.4 is 5.73 Å². The third kappa shape index (κ3) is 1.84. The zero-order valence-electron chi connectivity index (χ0n) is 5.85. The standard InChI is InChI=1S/C7H10N2S/c1-5-2-3-6(10-5)4-7(8)9/h2-3H,4H2,1H3,(H3,8,9).